The zero-order valence-corrected chi connectivity index (χ0v) is 23.0. The van der Waals surface area contributed by atoms with E-state index in [1.165, 1.54) is 34.9 Å². The minimum Gasteiger partial charge on any atom is -0.440 e. The van der Waals surface area contributed by atoms with Crippen molar-refractivity contribution in [3.05, 3.63) is 90.8 Å². The van der Waals surface area contributed by atoms with Gasteiger partial charge in [0.2, 0.25) is 0 Å². The first-order valence-corrected chi connectivity index (χ1v) is 13.9. The van der Waals surface area contributed by atoms with Crippen LogP contribution in [0, 0.1) is 0 Å². The monoisotopic (exact) mass is 621 g/mol. The molecule has 5 rings (SSSR count). The number of oxazole rings is 1. The van der Waals surface area contributed by atoms with E-state index in [-0.39, 0.29) is 22.0 Å². The molecule has 0 bridgehead atoms. The number of aromatic nitrogens is 3. The van der Waals surface area contributed by atoms with Crippen molar-refractivity contribution >= 4 is 10.7 Å². The SMILES string of the molecule is CCCc1nc(-c2cc(-c3cccc([SH](=O)=O)c3)ccc2-n2cnc(C(F)(F)F)c2)c(-c2ccc(OC(F)(F)F)cc2)o1. The number of halogens is 6. The molecule has 3 aromatic carbocycles. The molecule has 0 spiro atoms. The molecule has 0 aliphatic carbocycles. The van der Waals surface area contributed by atoms with Gasteiger partial charge in [0.05, 0.1) is 16.9 Å². The van der Waals surface area contributed by atoms with Crippen molar-refractivity contribution < 1.29 is 43.9 Å². The Morgan fingerprint density at radius 2 is 1.60 bits per heavy atom. The summed E-state index contributed by atoms with van der Waals surface area (Å²) in [4.78, 5) is 8.17. The van der Waals surface area contributed by atoms with Gasteiger partial charge in [-0.1, -0.05) is 25.1 Å². The van der Waals surface area contributed by atoms with Crippen LogP contribution in [0.15, 0.2) is 88.6 Å². The van der Waals surface area contributed by atoms with Gasteiger partial charge >= 0.3 is 12.5 Å². The number of nitrogens with zero attached hydrogens (tertiary/aromatic N) is 3. The van der Waals surface area contributed by atoms with Gasteiger partial charge < -0.3 is 13.7 Å². The predicted molar refractivity (Wildman–Crippen MR) is 144 cm³/mol. The number of thiol groups is 1. The third-order valence-electron chi connectivity index (χ3n) is 6.28. The number of hydrogen-bond donors (Lipinski definition) is 1. The number of benzene rings is 3. The molecule has 14 heteroatoms. The predicted octanol–water partition coefficient (Wildman–Crippen LogP) is 7.70. The Morgan fingerprint density at radius 3 is 2.23 bits per heavy atom. The number of rotatable bonds is 8. The highest BCUT2D eigenvalue weighted by Crippen LogP contribution is 2.40. The lowest BCUT2D eigenvalue weighted by Gasteiger charge is -2.13. The summed E-state index contributed by atoms with van der Waals surface area (Å²) in [5, 5.41) is 0. The highest BCUT2D eigenvalue weighted by Gasteiger charge is 2.34. The van der Waals surface area contributed by atoms with E-state index < -0.39 is 34.7 Å². The van der Waals surface area contributed by atoms with Crippen molar-refractivity contribution in [3.8, 4) is 45.1 Å². The molecule has 7 nitrogen and oxygen atoms in total. The van der Waals surface area contributed by atoms with Crippen LogP contribution < -0.4 is 4.74 Å². The zero-order chi connectivity index (χ0) is 30.9. The summed E-state index contributed by atoms with van der Waals surface area (Å²) < 4.78 is 113. The Morgan fingerprint density at radius 1 is 0.907 bits per heavy atom. The molecular weight excluding hydrogens is 600 g/mol. The van der Waals surface area contributed by atoms with Crippen molar-refractivity contribution in [2.75, 3.05) is 0 Å². The van der Waals surface area contributed by atoms with E-state index in [9.17, 15) is 34.8 Å². The van der Waals surface area contributed by atoms with Gasteiger partial charge in [0, 0.05) is 23.7 Å². The summed E-state index contributed by atoms with van der Waals surface area (Å²) in [5.41, 5.74) is 0.999. The maximum absolute atomic E-state index is 13.4. The standard InChI is InChI=1S/C29H21F6N3O4S/c1-2-4-25-37-26(27(41-25)17-7-10-20(11-8-17)42-29(33,34)35)22-14-19(18-5-3-6-21(13-18)43(39)40)9-12-23(22)38-15-24(36-16-38)28(30,31)32/h3,5-16,43H,2,4H2,1H3. The van der Waals surface area contributed by atoms with Gasteiger partial charge in [0.15, 0.2) is 28.0 Å². The van der Waals surface area contributed by atoms with Crippen LogP contribution in [0.5, 0.6) is 5.75 Å². The molecule has 0 N–H and O–H groups in total. The number of imidazole rings is 1. The number of ether oxygens (including phenoxy) is 1. The largest absolute Gasteiger partial charge is 0.573 e. The molecule has 0 amide bonds. The molecule has 0 saturated carbocycles. The second kappa shape index (κ2) is 11.6. The Hall–Kier alpha value is -4.59. The highest BCUT2D eigenvalue weighted by atomic mass is 32.2. The van der Waals surface area contributed by atoms with E-state index in [0.29, 0.717) is 41.0 Å². The highest BCUT2D eigenvalue weighted by molar-refractivity contribution is 7.72. The second-order valence-electron chi connectivity index (χ2n) is 9.31. The molecule has 2 heterocycles. The normalized spacial score (nSPS) is 12.2. The summed E-state index contributed by atoms with van der Waals surface area (Å²) in [7, 11) is -2.88. The molecule has 224 valence electrons. The van der Waals surface area contributed by atoms with Gasteiger partial charge in [-0.25, -0.2) is 18.4 Å². The number of alkyl halides is 6. The quantitative estimate of drug-likeness (QED) is 0.141. The van der Waals surface area contributed by atoms with E-state index in [1.54, 1.807) is 24.3 Å². The first kappa shape index (κ1) is 29.9. The third kappa shape index (κ3) is 6.74. The van der Waals surface area contributed by atoms with E-state index in [0.717, 1.165) is 24.7 Å². The lowest BCUT2D eigenvalue weighted by molar-refractivity contribution is -0.274. The molecular formula is C29H21F6N3O4S. The van der Waals surface area contributed by atoms with Crippen molar-refractivity contribution in [1.29, 1.82) is 0 Å². The van der Waals surface area contributed by atoms with Crippen molar-refractivity contribution in [3.63, 3.8) is 0 Å². The van der Waals surface area contributed by atoms with E-state index in [2.05, 4.69) is 14.7 Å². The fraction of sp³-hybridized carbons (Fsp3) is 0.172. The first-order valence-electron chi connectivity index (χ1n) is 12.7. The van der Waals surface area contributed by atoms with E-state index in [4.69, 9.17) is 4.42 Å². The fourth-order valence-corrected chi connectivity index (χ4v) is 4.85. The Labute approximate surface area is 242 Å². The van der Waals surface area contributed by atoms with Crippen molar-refractivity contribution in [2.24, 2.45) is 0 Å². The van der Waals surface area contributed by atoms with Gasteiger partial charge in [-0.2, -0.15) is 13.2 Å². The molecule has 0 fully saturated rings. The van der Waals surface area contributed by atoms with Crippen LogP contribution in [0.2, 0.25) is 0 Å². The molecule has 43 heavy (non-hydrogen) atoms. The summed E-state index contributed by atoms with van der Waals surface area (Å²) in [6, 6.07) is 15.8. The molecule has 0 aliphatic heterocycles. The molecule has 2 aromatic heterocycles. The minimum atomic E-state index is -4.89. The average Bonchev–Trinajstić information content (AvgIpc) is 3.61. The molecule has 0 radical (unpaired) electrons. The van der Waals surface area contributed by atoms with Crippen LogP contribution in [0.1, 0.15) is 24.9 Å². The van der Waals surface area contributed by atoms with Gasteiger partial charge in [-0.05, 0) is 66.1 Å². The first-order chi connectivity index (χ1) is 20.3. The molecule has 0 aliphatic rings. The van der Waals surface area contributed by atoms with Gasteiger partial charge in [-0.15, -0.1) is 13.2 Å². The lowest BCUT2D eigenvalue weighted by atomic mass is 9.98. The maximum Gasteiger partial charge on any atom is 0.573 e. The van der Waals surface area contributed by atoms with Gasteiger partial charge in [0.1, 0.15) is 11.4 Å². The van der Waals surface area contributed by atoms with Crippen LogP contribution >= 0.6 is 0 Å². The van der Waals surface area contributed by atoms with Crippen LogP contribution in [0.4, 0.5) is 26.3 Å². The topological polar surface area (TPSA) is 87.2 Å². The summed E-state index contributed by atoms with van der Waals surface area (Å²) in [6.07, 6.45) is -6.73. The van der Waals surface area contributed by atoms with Crippen LogP contribution in [-0.4, -0.2) is 29.3 Å². The number of hydrogen-bond acceptors (Lipinski definition) is 6. The summed E-state index contributed by atoms with van der Waals surface area (Å²) in [6.45, 7) is 1.89. The van der Waals surface area contributed by atoms with Gasteiger partial charge in [-0.3, -0.25) is 0 Å². The molecule has 0 unspecified atom stereocenters. The second-order valence-corrected chi connectivity index (χ2v) is 10.3. The van der Waals surface area contributed by atoms with E-state index in [1.807, 2.05) is 6.92 Å². The maximum atomic E-state index is 13.4. The smallest absolute Gasteiger partial charge is 0.440 e. The fourth-order valence-electron chi connectivity index (χ4n) is 4.40. The lowest BCUT2D eigenvalue weighted by Crippen LogP contribution is -2.16. The van der Waals surface area contributed by atoms with Crippen molar-refractivity contribution in [2.45, 2.75) is 37.2 Å². The number of aryl methyl sites for hydroxylation is 1. The Bertz CT molecular complexity index is 1830. The average molecular weight is 622 g/mol. The van der Waals surface area contributed by atoms with Crippen LogP contribution in [-0.2, 0) is 23.3 Å². The van der Waals surface area contributed by atoms with Crippen molar-refractivity contribution in [1.82, 2.24) is 14.5 Å². The zero-order valence-electron chi connectivity index (χ0n) is 22.1. The van der Waals surface area contributed by atoms with Crippen LogP contribution in [0.25, 0.3) is 39.4 Å². The molecule has 0 saturated heterocycles. The molecule has 0 atom stereocenters. The summed E-state index contributed by atoms with van der Waals surface area (Å²) in [5.74, 6) is 0.00264. The molecule has 5 aromatic rings. The minimum absolute atomic E-state index is 0.0658. The Kier molecular flexibility index (Phi) is 8.06. The van der Waals surface area contributed by atoms with Crippen LogP contribution in [0.3, 0.4) is 0 Å². The van der Waals surface area contributed by atoms with E-state index >= 15 is 0 Å². The third-order valence-corrected chi connectivity index (χ3v) is 6.98. The Balaban J connectivity index is 1.71. The van der Waals surface area contributed by atoms with Gasteiger partial charge in [0.25, 0.3) is 0 Å². The summed E-state index contributed by atoms with van der Waals surface area (Å²) >= 11 is 0.